The Bertz CT molecular complexity index is 411. The first kappa shape index (κ1) is 12.7. The maximum atomic E-state index is 3.40. The molecule has 0 aliphatic heterocycles. The van der Waals surface area contributed by atoms with Crippen molar-refractivity contribution < 1.29 is 0 Å². The molecule has 0 spiro atoms. The van der Waals surface area contributed by atoms with Gasteiger partial charge in [0.15, 0.2) is 0 Å². The molecule has 0 aliphatic carbocycles. The highest BCUT2D eigenvalue weighted by molar-refractivity contribution is 7.99. The Morgan fingerprint density at radius 2 is 2.00 bits per heavy atom. The zero-order valence-electron chi connectivity index (χ0n) is 9.93. The van der Waals surface area contributed by atoms with Gasteiger partial charge in [0.2, 0.25) is 0 Å². The Kier molecular flexibility index (Phi) is 5.10. The van der Waals surface area contributed by atoms with E-state index in [9.17, 15) is 0 Å². The van der Waals surface area contributed by atoms with Crippen molar-refractivity contribution in [1.82, 2.24) is 5.32 Å². The summed E-state index contributed by atoms with van der Waals surface area (Å²) in [5.74, 6) is 1.11. The molecular formula is C14H17NS2. The molecule has 3 heteroatoms. The molecule has 90 valence electrons. The maximum Gasteiger partial charge on any atom is 0.0206 e. The van der Waals surface area contributed by atoms with Crippen molar-refractivity contribution in [3.8, 4) is 0 Å². The lowest BCUT2D eigenvalue weighted by molar-refractivity contribution is 0.622. The van der Waals surface area contributed by atoms with Gasteiger partial charge in [0, 0.05) is 21.6 Å². The molecule has 1 N–H and O–H groups in total. The molecule has 0 saturated heterocycles. The van der Waals surface area contributed by atoms with Gasteiger partial charge in [0.25, 0.3) is 0 Å². The molecule has 1 aromatic carbocycles. The van der Waals surface area contributed by atoms with Crippen LogP contribution in [0.2, 0.25) is 0 Å². The number of thioether (sulfide) groups is 1. The molecule has 2 aromatic rings. The summed E-state index contributed by atoms with van der Waals surface area (Å²) in [6, 6.07) is 15.5. The van der Waals surface area contributed by atoms with E-state index in [4.69, 9.17) is 0 Å². The van der Waals surface area contributed by atoms with E-state index in [1.54, 1.807) is 0 Å². The van der Waals surface area contributed by atoms with Crippen LogP contribution in [0.3, 0.4) is 0 Å². The molecule has 1 atom stereocenters. The summed E-state index contributed by atoms with van der Waals surface area (Å²) in [6.07, 6.45) is 1.12. The van der Waals surface area contributed by atoms with E-state index < -0.39 is 0 Å². The molecule has 0 radical (unpaired) electrons. The summed E-state index contributed by atoms with van der Waals surface area (Å²) in [5, 5.41) is 5.54. The van der Waals surface area contributed by atoms with Gasteiger partial charge < -0.3 is 5.32 Å². The zero-order chi connectivity index (χ0) is 11.9. The molecule has 0 amide bonds. The van der Waals surface area contributed by atoms with Gasteiger partial charge in [-0.2, -0.15) is 0 Å². The fourth-order valence-corrected chi connectivity index (χ4v) is 3.44. The van der Waals surface area contributed by atoms with Crippen LogP contribution in [-0.4, -0.2) is 18.8 Å². The molecule has 1 unspecified atom stereocenters. The van der Waals surface area contributed by atoms with Crippen molar-refractivity contribution in [2.24, 2.45) is 0 Å². The summed E-state index contributed by atoms with van der Waals surface area (Å²) < 4.78 is 0. The smallest absolute Gasteiger partial charge is 0.0206 e. The molecule has 17 heavy (non-hydrogen) atoms. The Labute approximate surface area is 111 Å². The van der Waals surface area contributed by atoms with Crippen LogP contribution in [0.4, 0.5) is 0 Å². The van der Waals surface area contributed by atoms with Crippen LogP contribution in [0.15, 0.2) is 52.7 Å². The molecule has 0 saturated carbocycles. The van der Waals surface area contributed by atoms with Crippen molar-refractivity contribution in [2.75, 3.05) is 12.8 Å². The molecule has 1 nitrogen and oxygen atoms in total. The third-order valence-electron chi connectivity index (χ3n) is 2.63. The van der Waals surface area contributed by atoms with Gasteiger partial charge in [-0.05, 0) is 37.0 Å². The minimum Gasteiger partial charge on any atom is -0.316 e. The number of benzene rings is 1. The molecule has 0 aliphatic rings. The lowest BCUT2D eigenvalue weighted by atomic mass is 10.2. The minimum absolute atomic E-state index is 0.541. The molecule has 0 bridgehead atoms. The molecule has 1 aromatic heterocycles. The highest BCUT2D eigenvalue weighted by Crippen LogP contribution is 2.20. The highest BCUT2D eigenvalue weighted by atomic mass is 32.2. The average molecular weight is 263 g/mol. The lowest BCUT2D eigenvalue weighted by Crippen LogP contribution is -2.29. The van der Waals surface area contributed by atoms with Gasteiger partial charge >= 0.3 is 0 Å². The zero-order valence-corrected chi connectivity index (χ0v) is 11.6. The Hall–Kier alpha value is -0.770. The number of nitrogens with one attached hydrogen (secondary N) is 1. The van der Waals surface area contributed by atoms with E-state index in [1.807, 2.05) is 30.1 Å². The van der Waals surface area contributed by atoms with Gasteiger partial charge in [-0.3, -0.25) is 0 Å². The van der Waals surface area contributed by atoms with Crippen molar-refractivity contribution >= 4 is 23.1 Å². The SMILES string of the molecule is CNC(CSc1ccccc1)Cc1cccs1. The topological polar surface area (TPSA) is 12.0 Å². The van der Waals surface area contributed by atoms with Gasteiger partial charge in [0.1, 0.15) is 0 Å². The largest absolute Gasteiger partial charge is 0.316 e. The van der Waals surface area contributed by atoms with Crippen molar-refractivity contribution in [3.05, 3.63) is 52.7 Å². The number of hydrogen-bond donors (Lipinski definition) is 1. The van der Waals surface area contributed by atoms with E-state index >= 15 is 0 Å². The van der Waals surface area contributed by atoms with E-state index in [0.29, 0.717) is 6.04 Å². The van der Waals surface area contributed by atoms with Gasteiger partial charge in [-0.1, -0.05) is 24.3 Å². The van der Waals surface area contributed by atoms with Gasteiger partial charge in [-0.15, -0.1) is 23.1 Å². The molecule has 0 fully saturated rings. The summed E-state index contributed by atoms with van der Waals surface area (Å²) in [7, 11) is 2.05. The quantitative estimate of drug-likeness (QED) is 0.798. The highest BCUT2D eigenvalue weighted by Gasteiger charge is 2.08. The van der Waals surface area contributed by atoms with Crippen LogP contribution in [0.25, 0.3) is 0 Å². The van der Waals surface area contributed by atoms with Crippen LogP contribution in [0, 0.1) is 0 Å². The normalized spacial score (nSPS) is 12.5. The Morgan fingerprint density at radius 3 is 2.65 bits per heavy atom. The van der Waals surface area contributed by atoms with E-state index in [0.717, 1.165) is 12.2 Å². The second-order valence-corrected chi connectivity index (χ2v) is 6.02. The predicted molar refractivity (Wildman–Crippen MR) is 78.0 cm³/mol. The first-order valence-corrected chi connectivity index (χ1v) is 7.62. The summed E-state index contributed by atoms with van der Waals surface area (Å²) >= 11 is 3.76. The van der Waals surface area contributed by atoms with E-state index in [2.05, 4.69) is 53.2 Å². The molecule has 1 heterocycles. The third-order valence-corrected chi connectivity index (χ3v) is 4.70. The number of hydrogen-bond acceptors (Lipinski definition) is 3. The molecular weight excluding hydrogens is 246 g/mol. The van der Waals surface area contributed by atoms with Gasteiger partial charge in [0.05, 0.1) is 0 Å². The fourth-order valence-electron chi connectivity index (χ4n) is 1.63. The van der Waals surface area contributed by atoms with Gasteiger partial charge in [-0.25, -0.2) is 0 Å². The number of rotatable bonds is 6. The number of thiophene rings is 1. The third kappa shape index (κ3) is 4.19. The van der Waals surface area contributed by atoms with Crippen molar-refractivity contribution in [2.45, 2.75) is 17.4 Å². The van der Waals surface area contributed by atoms with Crippen LogP contribution in [0.1, 0.15) is 4.88 Å². The standard InChI is InChI=1S/C14H17NS2/c1-15-12(10-14-8-5-9-16-14)11-17-13-6-3-2-4-7-13/h2-9,12,15H,10-11H2,1H3. The molecule has 2 rings (SSSR count). The van der Waals surface area contributed by atoms with Crippen LogP contribution >= 0.6 is 23.1 Å². The second kappa shape index (κ2) is 6.84. The van der Waals surface area contributed by atoms with Crippen LogP contribution in [-0.2, 0) is 6.42 Å². The Morgan fingerprint density at radius 1 is 1.18 bits per heavy atom. The van der Waals surface area contributed by atoms with Crippen LogP contribution < -0.4 is 5.32 Å². The minimum atomic E-state index is 0.541. The first-order valence-electron chi connectivity index (χ1n) is 5.76. The predicted octanol–water partition coefficient (Wildman–Crippen LogP) is 3.67. The fraction of sp³-hybridized carbons (Fsp3) is 0.286. The average Bonchev–Trinajstić information content (AvgIpc) is 2.88. The van der Waals surface area contributed by atoms with Crippen molar-refractivity contribution in [1.29, 1.82) is 0 Å². The Balaban J connectivity index is 1.84. The summed E-state index contributed by atoms with van der Waals surface area (Å²) in [5.41, 5.74) is 0. The maximum absolute atomic E-state index is 3.40. The van der Waals surface area contributed by atoms with Crippen LogP contribution in [0.5, 0.6) is 0 Å². The lowest BCUT2D eigenvalue weighted by Gasteiger charge is -2.14. The summed E-state index contributed by atoms with van der Waals surface area (Å²) in [6.45, 7) is 0. The van der Waals surface area contributed by atoms with Crippen molar-refractivity contribution in [3.63, 3.8) is 0 Å². The summed E-state index contributed by atoms with van der Waals surface area (Å²) in [4.78, 5) is 2.80. The first-order chi connectivity index (χ1) is 8.38. The van der Waals surface area contributed by atoms with E-state index in [1.165, 1.54) is 9.77 Å². The number of likely N-dealkylation sites (N-methyl/N-ethyl adjacent to an activating group) is 1. The van der Waals surface area contributed by atoms with E-state index in [-0.39, 0.29) is 0 Å². The second-order valence-electron chi connectivity index (χ2n) is 3.89. The monoisotopic (exact) mass is 263 g/mol.